The van der Waals surface area contributed by atoms with E-state index in [0.29, 0.717) is 5.69 Å². The molecule has 1 heterocycles. The van der Waals surface area contributed by atoms with Gasteiger partial charge >= 0.3 is 0 Å². The van der Waals surface area contributed by atoms with E-state index in [1.807, 2.05) is 13.8 Å². The van der Waals surface area contributed by atoms with Crippen molar-refractivity contribution in [2.45, 2.75) is 26.0 Å². The number of nitrogens with one attached hydrogen (secondary N) is 1. The van der Waals surface area contributed by atoms with Gasteiger partial charge in [-0.05, 0) is 23.6 Å². The van der Waals surface area contributed by atoms with Crippen LogP contribution < -0.4 is 4.72 Å². The standard InChI is InChI=1S/C16H24N2O5S/c1-11(2)10-24(21,22)17-13-6-4-12(5-7-13)16-14(8-19)18(3)15(20)9-23-16/h4-7,11,14,16-17,19H,8-10H2,1-3H3. The van der Waals surface area contributed by atoms with Crippen LogP contribution in [0.15, 0.2) is 24.3 Å². The maximum absolute atomic E-state index is 12.0. The van der Waals surface area contributed by atoms with Gasteiger partial charge in [-0.15, -0.1) is 0 Å². The number of morpholine rings is 1. The Morgan fingerprint density at radius 1 is 1.33 bits per heavy atom. The fourth-order valence-corrected chi connectivity index (χ4v) is 4.16. The first-order valence-corrected chi connectivity index (χ1v) is 9.47. The van der Waals surface area contributed by atoms with Crippen molar-refractivity contribution < 1.29 is 23.1 Å². The van der Waals surface area contributed by atoms with Gasteiger partial charge in [-0.3, -0.25) is 9.52 Å². The Balaban J connectivity index is 2.13. The molecule has 2 unspecified atom stereocenters. The van der Waals surface area contributed by atoms with Gasteiger partial charge in [0.25, 0.3) is 0 Å². The summed E-state index contributed by atoms with van der Waals surface area (Å²) in [6, 6.07) is 6.33. The van der Waals surface area contributed by atoms with Crippen LogP contribution in [-0.4, -0.2) is 56.4 Å². The third-order valence-electron chi connectivity index (χ3n) is 3.88. The summed E-state index contributed by atoms with van der Waals surface area (Å²) in [5.74, 6) is -0.0841. The molecule has 7 nitrogen and oxygen atoms in total. The van der Waals surface area contributed by atoms with Crippen LogP contribution >= 0.6 is 0 Å². The lowest BCUT2D eigenvalue weighted by atomic mass is 10.00. The molecule has 0 aromatic heterocycles. The van der Waals surface area contributed by atoms with Gasteiger partial charge in [-0.2, -0.15) is 0 Å². The Morgan fingerprint density at radius 2 is 1.96 bits per heavy atom. The van der Waals surface area contributed by atoms with E-state index in [1.54, 1.807) is 31.3 Å². The number of aliphatic hydroxyl groups is 1. The summed E-state index contributed by atoms with van der Waals surface area (Å²) in [6.45, 7) is 3.43. The summed E-state index contributed by atoms with van der Waals surface area (Å²) in [5, 5.41) is 9.54. The second-order valence-electron chi connectivity index (χ2n) is 6.39. The molecule has 1 aliphatic rings. The van der Waals surface area contributed by atoms with E-state index in [9.17, 15) is 18.3 Å². The number of sulfonamides is 1. The van der Waals surface area contributed by atoms with Crippen LogP contribution in [0.25, 0.3) is 0 Å². The molecule has 1 saturated heterocycles. The van der Waals surface area contributed by atoms with Crippen LogP contribution in [0.3, 0.4) is 0 Å². The second kappa shape index (κ2) is 7.50. The summed E-state index contributed by atoms with van der Waals surface area (Å²) in [7, 11) is -1.75. The van der Waals surface area contributed by atoms with Crippen molar-refractivity contribution in [3.63, 3.8) is 0 Å². The van der Waals surface area contributed by atoms with Gasteiger partial charge in [-0.1, -0.05) is 26.0 Å². The van der Waals surface area contributed by atoms with E-state index in [4.69, 9.17) is 4.74 Å². The van der Waals surface area contributed by atoms with E-state index in [-0.39, 0.29) is 30.8 Å². The van der Waals surface area contributed by atoms with Crippen molar-refractivity contribution in [1.82, 2.24) is 4.90 Å². The molecule has 0 radical (unpaired) electrons. The molecule has 0 bridgehead atoms. The molecule has 0 spiro atoms. The van der Waals surface area contributed by atoms with Gasteiger partial charge in [-0.25, -0.2) is 8.42 Å². The average molecular weight is 356 g/mol. The molecule has 2 N–H and O–H groups in total. The molecule has 0 saturated carbocycles. The number of ether oxygens (including phenoxy) is 1. The molecule has 1 amide bonds. The van der Waals surface area contributed by atoms with E-state index < -0.39 is 22.2 Å². The monoisotopic (exact) mass is 356 g/mol. The molecule has 24 heavy (non-hydrogen) atoms. The van der Waals surface area contributed by atoms with Crippen LogP contribution in [0, 0.1) is 5.92 Å². The van der Waals surface area contributed by atoms with Crippen molar-refractivity contribution >= 4 is 21.6 Å². The maximum atomic E-state index is 12.0. The summed E-state index contributed by atoms with van der Waals surface area (Å²) in [6.07, 6.45) is -0.445. The largest absolute Gasteiger partial charge is 0.394 e. The fourth-order valence-electron chi connectivity index (χ4n) is 2.70. The molecular weight excluding hydrogens is 332 g/mol. The summed E-state index contributed by atoms with van der Waals surface area (Å²) >= 11 is 0. The average Bonchev–Trinajstić information content (AvgIpc) is 2.49. The minimum absolute atomic E-state index is 0.0378. The van der Waals surface area contributed by atoms with Crippen LogP contribution in [0.4, 0.5) is 5.69 Å². The normalized spacial score (nSPS) is 22.0. The van der Waals surface area contributed by atoms with Crippen molar-refractivity contribution in [3.05, 3.63) is 29.8 Å². The highest BCUT2D eigenvalue weighted by atomic mass is 32.2. The molecule has 8 heteroatoms. The van der Waals surface area contributed by atoms with Gasteiger partial charge in [0.15, 0.2) is 0 Å². The minimum Gasteiger partial charge on any atom is -0.394 e. The molecule has 1 aromatic carbocycles. The Morgan fingerprint density at radius 3 is 2.50 bits per heavy atom. The number of carbonyl (C=O) groups is 1. The Kier molecular flexibility index (Phi) is 5.84. The highest BCUT2D eigenvalue weighted by Crippen LogP contribution is 2.29. The lowest BCUT2D eigenvalue weighted by Crippen LogP contribution is -2.50. The summed E-state index contributed by atoms with van der Waals surface area (Å²) in [4.78, 5) is 13.1. The molecule has 1 aromatic rings. The first-order valence-electron chi connectivity index (χ1n) is 7.82. The van der Waals surface area contributed by atoms with Crippen LogP contribution in [0.2, 0.25) is 0 Å². The number of amides is 1. The third-order valence-corrected chi connectivity index (χ3v) is 5.53. The van der Waals surface area contributed by atoms with Crippen LogP contribution in [0.5, 0.6) is 0 Å². The topological polar surface area (TPSA) is 95.9 Å². The molecule has 1 fully saturated rings. The van der Waals surface area contributed by atoms with E-state index >= 15 is 0 Å². The first-order chi connectivity index (χ1) is 11.2. The molecule has 134 valence electrons. The quantitative estimate of drug-likeness (QED) is 0.792. The molecule has 0 aliphatic carbocycles. The van der Waals surface area contributed by atoms with Gasteiger partial charge < -0.3 is 14.7 Å². The number of likely N-dealkylation sites (N-methyl/N-ethyl adjacent to an activating group) is 1. The number of hydrogen-bond donors (Lipinski definition) is 2. The fraction of sp³-hybridized carbons (Fsp3) is 0.562. The number of anilines is 1. The summed E-state index contributed by atoms with van der Waals surface area (Å²) in [5.41, 5.74) is 1.25. The molecule has 1 aliphatic heterocycles. The first kappa shape index (κ1) is 18.7. The van der Waals surface area contributed by atoms with Crippen LogP contribution in [0.1, 0.15) is 25.5 Å². The van der Waals surface area contributed by atoms with Gasteiger partial charge in [0.1, 0.15) is 12.7 Å². The number of carbonyl (C=O) groups excluding carboxylic acids is 1. The highest BCUT2D eigenvalue weighted by molar-refractivity contribution is 7.92. The zero-order chi connectivity index (χ0) is 17.9. The maximum Gasteiger partial charge on any atom is 0.248 e. The molecule has 2 rings (SSSR count). The lowest BCUT2D eigenvalue weighted by molar-refractivity contribution is -0.157. The van der Waals surface area contributed by atoms with Crippen molar-refractivity contribution in [3.8, 4) is 0 Å². The van der Waals surface area contributed by atoms with E-state index in [1.165, 1.54) is 4.90 Å². The zero-order valence-corrected chi connectivity index (χ0v) is 14.9. The number of benzene rings is 1. The number of aliphatic hydroxyl groups excluding tert-OH is 1. The molecular formula is C16H24N2O5S. The number of nitrogens with zero attached hydrogens (tertiary/aromatic N) is 1. The van der Waals surface area contributed by atoms with E-state index in [0.717, 1.165) is 5.56 Å². The number of hydrogen-bond acceptors (Lipinski definition) is 5. The van der Waals surface area contributed by atoms with Crippen molar-refractivity contribution in [1.29, 1.82) is 0 Å². The zero-order valence-electron chi connectivity index (χ0n) is 14.1. The summed E-state index contributed by atoms with van der Waals surface area (Å²) < 4.78 is 32.0. The predicted molar refractivity (Wildman–Crippen MR) is 91.0 cm³/mol. The third kappa shape index (κ3) is 4.46. The number of rotatable bonds is 6. The van der Waals surface area contributed by atoms with Gasteiger partial charge in [0.2, 0.25) is 15.9 Å². The van der Waals surface area contributed by atoms with Crippen LogP contribution in [-0.2, 0) is 19.6 Å². The van der Waals surface area contributed by atoms with Gasteiger partial charge in [0, 0.05) is 12.7 Å². The van der Waals surface area contributed by atoms with Crippen molar-refractivity contribution in [2.24, 2.45) is 5.92 Å². The lowest BCUT2D eigenvalue weighted by Gasteiger charge is -2.38. The minimum atomic E-state index is -3.38. The smallest absolute Gasteiger partial charge is 0.248 e. The van der Waals surface area contributed by atoms with E-state index in [2.05, 4.69) is 4.72 Å². The predicted octanol–water partition coefficient (Wildman–Crippen LogP) is 0.975. The highest BCUT2D eigenvalue weighted by Gasteiger charge is 2.34. The molecule has 2 atom stereocenters. The Bertz CT molecular complexity index is 672. The van der Waals surface area contributed by atoms with Crippen molar-refractivity contribution in [2.75, 3.05) is 30.7 Å². The Labute approximate surface area is 142 Å². The SMILES string of the molecule is CC(C)CS(=O)(=O)Nc1ccc(C2OCC(=O)N(C)C2CO)cc1. The second-order valence-corrected chi connectivity index (χ2v) is 8.15. The van der Waals surface area contributed by atoms with Gasteiger partial charge in [0.05, 0.1) is 18.4 Å². The Hall–Kier alpha value is -1.64.